The number of amides is 1. The summed E-state index contributed by atoms with van der Waals surface area (Å²) in [5.74, 6) is 0.923. The largest absolute Gasteiger partial charge is 0.380 e. The van der Waals surface area contributed by atoms with Crippen molar-refractivity contribution in [2.75, 3.05) is 13.2 Å². The van der Waals surface area contributed by atoms with Gasteiger partial charge in [-0.3, -0.25) is 4.79 Å². The summed E-state index contributed by atoms with van der Waals surface area (Å²) in [7, 11) is 0. The second kappa shape index (κ2) is 8.81. The van der Waals surface area contributed by atoms with Crippen LogP contribution >= 0.6 is 12.1 Å². The number of rotatable bonds is 5. The molecule has 1 aromatic heterocycles. The standard InChI is InChI=1S/C20H28N4O3S.C2H6/c25-20(18-9-19(27-22-18)12-10-26-11-12)21-13-6-16-4-5-17(7-13)24(16)28-23-14-2-1-3-15(23)8-14;1-2/h9,12-17H,1-8,10-11H2,(H,21,25);1-2H3/t13?,14-,15?,16?,17?;/m0./s1. The van der Waals surface area contributed by atoms with Crippen LogP contribution in [0.3, 0.4) is 0 Å². The first kappa shape index (κ1) is 20.8. The van der Waals surface area contributed by atoms with Crippen LogP contribution in [0.5, 0.6) is 0 Å². The van der Waals surface area contributed by atoms with Crippen molar-refractivity contribution < 1.29 is 14.1 Å². The fourth-order valence-electron chi connectivity index (χ4n) is 5.64. The van der Waals surface area contributed by atoms with Gasteiger partial charge in [-0.2, -0.15) is 0 Å². The highest BCUT2D eigenvalue weighted by Crippen LogP contribution is 2.48. The number of aromatic nitrogens is 1. The van der Waals surface area contributed by atoms with E-state index < -0.39 is 0 Å². The molecule has 0 saturated carbocycles. The van der Waals surface area contributed by atoms with E-state index in [2.05, 4.69) is 19.1 Å². The number of hydrogen-bond acceptors (Lipinski definition) is 7. The third-order valence-electron chi connectivity index (χ3n) is 7.33. The molecule has 5 aliphatic rings. The summed E-state index contributed by atoms with van der Waals surface area (Å²) in [6.07, 6.45) is 10.1. The molecule has 5 fully saturated rings. The van der Waals surface area contributed by atoms with Crippen LogP contribution in [-0.4, -0.2) is 63.1 Å². The van der Waals surface area contributed by atoms with Crippen LogP contribution in [0.25, 0.3) is 0 Å². The summed E-state index contributed by atoms with van der Waals surface area (Å²) in [6.45, 7) is 5.32. The van der Waals surface area contributed by atoms with Crippen molar-refractivity contribution in [3.05, 3.63) is 17.5 Å². The van der Waals surface area contributed by atoms with E-state index in [1.807, 2.05) is 26.0 Å². The highest BCUT2D eigenvalue weighted by Gasteiger charge is 2.48. The molecule has 0 radical (unpaired) electrons. The van der Waals surface area contributed by atoms with Crippen LogP contribution in [-0.2, 0) is 4.74 Å². The molecule has 4 bridgehead atoms. The second-order valence-corrected chi connectivity index (χ2v) is 10.2. The van der Waals surface area contributed by atoms with E-state index in [4.69, 9.17) is 9.26 Å². The molecular formula is C22H34N4O3S. The molecule has 8 heteroatoms. The predicted octanol–water partition coefficient (Wildman–Crippen LogP) is 3.73. The van der Waals surface area contributed by atoms with Gasteiger partial charge in [-0.25, -0.2) is 8.61 Å². The first-order valence-corrected chi connectivity index (χ1v) is 12.6. The molecule has 3 unspecified atom stereocenters. The van der Waals surface area contributed by atoms with Gasteiger partial charge in [-0.15, -0.1) is 0 Å². The lowest BCUT2D eigenvalue weighted by Gasteiger charge is -2.54. The van der Waals surface area contributed by atoms with Crippen LogP contribution in [0.4, 0.5) is 0 Å². The number of carbonyl (C=O) groups excluding carboxylic acids is 1. The number of hydrogen-bond donors (Lipinski definition) is 1. The molecule has 5 saturated heterocycles. The summed E-state index contributed by atoms with van der Waals surface area (Å²) in [5.41, 5.74) is 0.402. The molecule has 0 spiro atoms. The Balaban J connectivity index is 0.000000937. The maximum atomic E-state index is 12.6. The monoisotopic (exact) mass is 434 g/mol. The van der Waals surface area contributed by atoms with Gasteiger partial charge in [-0.1, -0.05) is 25.4 Å². The van der Waals surface area contributed by atoms with Crippen LogP contribution in [0.2, 0.25) is 0 Å². The number of nitrogens with one attached hydrogen (secondary N) is 1. The second-order valence-electron chi connectivity index (χ2n) is 9.15. The first-order valence-electron chi connectivity index (χ1n) is 11.8. The number of ether oxygens (including phenoxy) is 1. The Morgan fingerprint density at radius 1 is 1.03 bits per heavy atom. The van der Waals surface area contributed by atoms with Gasteiger partial charge in [0.05, 0.1) is 19.1 Å². The maximum Gasteiger partial charge on any atom is 0.273 e. The molecule has 166 valence electrons. The van der Waals surface area contributed by atoms with Crippen molar-refractivity contribution in [1.29, 1.82) is 0 Å². The van der Waals surface area contributed by atoms with E-state index in [0.717, 1.165) is 30.7 Å². The molecule has 6 rings (SSSR count). The topological polar surface area (TPSA) is 70.8 Å². The summed E-state index contributed by atoms with van der Waals surface area (Å²) < 4.78 is 15.9. The zero-order valence-corrected chi connectivity index (χ0v) is 18.9. The minimum Gasteiger partial charge on any atom is -0.380 e. The lowest BCUT2D eigenvalue weighted by atomic mass is 9.83. The number of piperidine rings is 2. The first-order chi connectivity index (χ1) is 14.7. The van der Waals surface area contributed by atoms with Gasteiger partial charge in [0.15, 0.2) is 5.69 Å². The average molecular weight is 435 g/mol. The van der Waals surface area contributed by atoms with E-state index in [9.17, 15) is 4.79 Å². The number of nitrogens with zero attached hydrogens (tertiary/aromatic N) is 3. The summed E-state index contributed by atoms with van der Waals surface area (Å²) in [5, 5.41) is 7.20. The molecule has 1 amide bonds. The molecule has 4 atom stereocenters. The van der Waals surface area contributed by atoms with E-state index in [1.54, 1.807) is 6.07 Å². The van der Waals surface area contributed by atoms with E-state index in [0.29, 0.717) is 31.0 Å². The third-order valence-corrected chi connectivity index (χ3v) is 8.90. The van der Waals surface area contributed by atoms with Gasteiger partial charge in [0.1, 0.15) is 5.76 Å². The van der Waals surface area contributed by atoms with E-state index in [1.165, 1.54) is 38.5 Å². The van der Waals surface area contributed by atoms with Crippen molar-refractivity contribution in [3.8, 4) is 0 Å². The lowest BCUT2D eigenvalue weighted by molar-refractivity contribution is -0.00228. The lowest BCUT2D eigenvalue weighted by Crippen LogP contribution is -2.57. The van der Waals surface area contributed by atoms with Crippen molar-refractivity contribution >= 4 is 18.0 Å². The normalized spacial score (nSPS) is 35.7. The Labute approximate surface area is 183 Å². The molecule has 0 aromatic carbocycles. The Kier molecular flexibility index (Phi) is 6.10. The number of fused-ring (bicyclic) bond motifs is 4. The number of carbonyl (C=O) groups is 1. The SMILES string of the molecule is CC.O=C(NC1CC2CCC(C1)N2SN1C2CCC[C@H]1C2)c1cc(C2COC2)on1. The predicted molar refractivity (Wildman–Crippen MR) is 116 cm³/mol. The zero-order chi connectivity index (χ0) is 20.7. The minimum atomic E-state index is -0.0991. The summed E-state index contributed by atoms with van der Waals surface area (Å²) in [4.78, 5) is 12.6. The Morgan fingerprint density at radius 3 is 2.23 bits per heavy atom. The zero-order valence-electron chi connectivity index (χ0n) is 18.1. The van der Waals surface area contributed by atoms with Gasteiger partial charge in [-0.05, 0) is 44.9 Å². The Hall–Kier alpha value is -1.09. The molecule has 6 heterocycles. The molecule has 0 aliphatic carbocycles. The quantitative estimate of drug-likeness (QED) is 0.708. The van der Waals surface area contributed by atoms with Gasteiger partial charge >= 0.3 is 0 Å². The van der Waals surface area contributed by atoms with Crippen LogP contribution in [0.1, 0.15) is 87.4 Å². The molecular weight excluding hydrogens is 400 g/mol. The van der Waals surface area contributed by atoms with Gasteiger partial charge in [0.25, 0.3) is 5.91 Å². The van der Waals surface area contributed by atoms with Crippen LogP contribution in [0.15, 0.2) is 10.6 Å². The highest BCUT2D eigenvalue weighted by atomic mass is 32.2. The molecule has 1 N–H and O–H groups in total. The summed E-state index contributed by atoms with van der Waals surface area (Å²) >= 11 is 2.03. The molecule has 5 aliphatic heterocycles. The van der Waals surface area contributed by atoms with Gasteiger partial charge < -0.3 is 14.6 Å². The third kappa shape index (κ3) is 3.80. The van der Waals surface area contributed by atoms with Gasteiger partial charge in [0.2, 0.25) is 0 Å². The highest BCUT2D eigenvalue weighted by molar-refractivity contribution is 7.94. The molecule has 1 aromatic rings. The fourth-order valence-corrected chi connectivity index (χ4v) is 7.15. The van der Waals surface area contributed by atoms with Gasteiger partial charge in [0, 0.05) is 48.4 Å². The Bertz CT molecular complexity index is 726. The maximum absolute atomic E-state index is 12.6. The van der Waals surface area contributed by atoms with Crippen molar-refractivity contribution in [1.82, 2.24) is 19.1 Å². The summed E-state index contributed by atoms with van der Waals surface area (Å²) in [6, 6.07) is 4.80. The van der Waals surface area contributed by atoms with Crippen LogP contribution in [0, 0.1) is 0 Å². The van der Waals surface area contributed by atoms with Crippen molar-refractivity contribution in [2.45, 2.75) is 101 Å². The smallest absolute Gasteiger partial charge is 0.273 e. The Morgan fingerprint density at radius 2 is 1.67 bits per heavy atom. The minimum absolute atomic E-state index is 0.0991. The fraction of sp³-hybridized carbons (Fsp3) is 0.818. The molecule has 30 heavy (non-hydrogen) atoms. The van der Waals surface area contributed by atoms with Crippen molar-refractivity contribution in [2.24, 2.45) is 0 Å². The van der Waals surface area contributed by atoms with Crippen molar-refractivity contribution in [3.63, 3.8) is 0 Å². The van der Waals surface area contributed by atoms with E-state index >= 15 is 0 Å². The van der Waals surface area contributed by atoms with Crippen LogP contribution < -0.4 is 5.32 Å². The average Bonchev–Trinajstić information content (AvgIpc) is 3.29. The van der Waals surface area contributed by atoms with E-state index in [-0.39, 0.29) is 17.9 Å². The molecule has 7 nitrogen and oxygen atoms in total.